The van der Waals surface area contributed by atoms with Crippen LogP contribution in [0.15, 0.2) is 37.1 Å². The number of Topliss-reactive ketones (excluding diaryl/α,β-unsaturated/α-hetero) is 2. The van der Waals surface area contributed by atoms with Crippen molar-refractivity contribution in [1.29, 1.82) is 0 Å². The highest BCUT2D eigenvalue weighted by Gasteiger charge is 2.60. The Kier molecular flexibility index (Phi) is 14.3. The molecule has 3 aliphatic heterocycles. The summed E-state index contributed by atoms with van der Waals surface area (Å²) in [6, 6.07) is 2.69. The lowest BCUT2D eigenvalue weighted by Crippen LogP contribution is -2.60. The highest BCUT2D eigenvalue weighted by Crippen LogP contribution is 2.43. The van der Waals surface area contributed by atoms with Crippen LogP contribution in [-0.4, -0.2) is 123 Å². The van der Waals surface area contributed by atoms with E-state index in [1.54, 1.807) is 65.3 Å². The van der Waals surface area contributed by atoms with E-state index in [-0.39, 0.29) is 30.8 Å². The lowest BCUT2D eigenvalue weighted by molar-refractivity contribution is -0.290. The number of ketones is 2. The molecule has 2 N–H and O–H groups in total. The number of cyclic esters (lactones) is 1. The molecule has 15 heteroatoms. The van der Waals surface area contributed by atoms with Crippen LogP contribution in [0.4, 0.5) is 4.79 Å². The molecule has 3 saturated heterocycles. The Balaban J connectivity index is 1.43. The van der Waals surface area contributed by atoms with Gasteiger partial charge in [0.2, 0.25) is 0 Å². The third kappa shape index (κ3) is 9.27. The van der Waals surface area contributed by atoms with Crippen molar-refractivity contribution in [3.05, 3.63) is 37.1 Å². The second-order valence-corrected chi connectivity index (χ2v) is 16.7. The summed E-state index contributed by atoms with van der Waals surface area (Å²) < 4.78 is 33.0. The standard InChI is InChI=1S/C42H63N5O10/c1-11-32-42(8)36(47(40(52)57-42)18-13-12-17-46-22-31(45-23-46)29-15-14-16-44-21-29)26(4)33(48)24(2)20-41(7,53-10)37(27(5)34(49)28(6)38(51)55-32)56-39-35(50)30(43-9)19-25(3)54-39/h14-16,21-28,30,32,35-37,39,43,50H,11-13,17-20H2,1-10H3/t24-,25-,26+,27+,28-,30+,32-,35-,36?,37-,39+,41-,42-/m1/s1. The van der Waals surface area contributed by atoms with Gasteiger partial charge >= 0.3 is 12.1 Å². The molecule has 57 heavy (non-hydrogen) atoms. The van der Waals surface area contributed by atoms with Crippen LogP contribution in [0, 0.1) is 23.7 Å². The second kappa shape index (κ2) is 18.4. The van der Waals surface area contributed by atoms with Gasteiger partial charge < -0.3 is 43.6 Å². The Labute approximate surface area is 336 Å². The predicted molar refractivity (Wildman–Crippen MR) is 210 cm³/mol. The van der Waals surface area contributed by atoms with E-state index in [9.17, 15) is 24.3 Å². The van der Waals surface area contributed by atoms with Gasteiger partial charge in [0, 0.05) is 68.1 Å². The molecule has 316 valence electrons. The van der Waals surface area contributed by atoms with Gasteiger partial charge in [0.05, 0.1) is 35.9 Å². The largest absolute Gasteiger partial charge is 0.458 e. The van der Waals surface area contributed by atoms with Gasteiger partial charge in [-0.25, -0.2) is 9.78 Å². The molecule has 0 spiro atoms. The summed E-state index contributed by atoms with van der Waals surface area (Å²) in [4.78, 5) is 67.0. The summed E-state index contributed by atoms with van der Waals surface area (Å²) >= 11 is 0. The molecule has 0 saturated carbocycles. The Bertz CT molecular complexity index is 1710. The van der Waals surface area contributed by atoms with Gasteiger partial charge in [-0.05, 0) is 79.0 Å². The minimum atomic E-state index is -1.40. The zero-order valence-corrected chi connectivity index (χ0v) is 35.2. The van der Waals surface area contributed by atoms with Crippen LogP contribution in [0.1, 0.15) is 87.5 Å². The van der Waals surface area contributed by atoms with E-state index in [0.29, 0.717) is 32.4 Å². The summed E-state index contributed by atoms with van der Waals surface area (Å²) in [7, 11) is 3.24. The van der Waals surface area contributed by atoms with E-state index in [0.717, 1.165) is 11.3 Å². The average Bonchev–Trinajstić information content (AvgIpc) is 3.78. The van der Waals surface area contributed by atoms with Crippen LogP contribution in [0.25, 0.3) is 11.3 Å². The number of aryl methyl sites for hydroxylation is 1. The fourth-order valence-corrected chi connectivity index (χ4v) is 9.23. The zero-order valence-electron chi connectivity index (χ0n) is 35.2. The number of carbonyl (C=O) groups is 4. The first-order valence-electron chi connectivity index (χ1n) is 20.4. The number of aromatic nitrogens is 3. The van der Waals surface area contributed by atoms with Crippen molar-refractivity contribution in [3.63, 3.8) is 0 Å². The molecule has 0 aromatic carbocycles. The topological polar surface area (TPSA) is 181 Å². The smallest absolute Gasteiger partial charge is 0.410 e. The van der Waals surface area contributed by atoms with Crippen LogP contribution >= 0.6 is 0 Å². The first-order valence-corrected chi connectivity index (χ1v) is 20.4. The molecule has 3 fully saturated rings. The molecule has 13 atom stereocenters. The number of esters is 1. The average molecular weight is 798 g/mol. The maximum Gasteiger partial charge on any atom is 0.410 e. The summed E-state index contributed by atoms with van der Waals surface area (Å²) in [5.41, 5.74) is -0.936. The number of methoxy groups -OCH3 is 1. The Hall–Kier alpha value is -3.76. The van der Waals surface area contributed by atoms with Crippen LogP contribution in [-0.2, 0) is 44.6 Å². The minimum Gasteiger partial charge on any atom is -0.458 e. The summed E-state index contributed by atoms with van der Waals surface area (Å²) in [5, 5.41) is 14.4. The number of pyridine rings is 1. The van der Waals surface area contributed by atoms with Crippen molar-refractivity contribution in [2.75, 3.05) is 20.7 Å². The number of likely N-dealkylation sites (N-methyl/N-ethyl adjacent to an activating group) is 1. The van der Waals surface area contributed by atoms with Gasteiger partial charge in [0.15, 0.2) is 17.7 Å². The number of aliphatic hydroxyl groups excluding tert-OH is 1. The first kappa shape index (κ1) is 44.3. The molecule has 0 bridgehead atoms. The van der Waals surface area contributed by atoms with E-state index in [2.05, 4.69) is 15.3 Å². The van der Waals surface area contributed by atoms with E-state index >= 15 is 0 Å². The molecule has 15 nitrogen and oxygen atoms in total. The lowest BCUT2D eigenvalue weighted by atomic mass is 9.73. The second-order valence-electron chi connectivity index (χ2n) is 16.7. The highest BCUT2D eigenvalue weighted by atomic mass is 16.7. The Morgan fingerprint density at radius 2 is 1.75 bits per heavy atom. The van der Waals surface area contributed by atoms with Gasteiger partial charge in [-0.3, -0.25) is 19.4 Å². The minimum absolute atomic E-state index is 0.128. The molecule has 1 unspecified atom stereocenters. The van der Waals surface area contributed by atoms with Gasteiger partial charge in [-0.1, -0.05) is 27.7 Å². The fraction of sp³-hybridized carbons (Fsp3) is 0.714. The summed E-state index contributed by atoms with van der Waals surface area (Å²) in [6.07, 6.45) is 4.40. The number of fused-ring (bicyclic) bond motifs is 1. The number of aliphatic hydroxyl groups is 1. The third-order valence-corrected chi connectivity index (χ3v) is 12.6. The van der Waals surface area contributed by atoms with Crippen molar-refractivity contribution >= 4 is 23.6 Å². The highest BCUT2D eigenvalue weighted by molar-refractivity contribution is 6.00. The van der Waals surface area contributed by atoms with E-state index in [1.165, 1.54) is 14.0 Å². The number of hydrogen-bond acceptors (Lipinski definition) is 13. The number of nitrogens with one attached hydrogen (secondary N) is 1. The quantitative estimate of drug-likeness (QED) is 0.183. The van der Waals surface area contributed by atoms with E-state index < -0.39 is 83.4 Å². The van der Waals surface area contributed by atoms with Gasteiger partial charge in [-0.15, -0.1) is 0 Å². The van der Waals surface area contributed by atoms with Crippen molar-refractivity contribution in [3.8, 4) is 11.3 Å². The summed E-state index contributed by atoms with van der Waals surface area (Å²) in [5.74, 6) is -4.96. The molecule has 2 aromatic heterocycles. The Morgan fingerprint density at radius 3 is 2.40 bits per heavy atom. The maximum absolute atomic E-state index is 14.7. The lowest BCUT2D eigenvalue weighted by Gasteiger charge is -2.46. The van der Waals surface area contributed by atoms with Gasteiger partial charge in [0.25, 0.3) is 0 Å². The van der Waals surface area contributed by atoms with E-state index in [4.69, 9.17) is 23.7 Å². The molecule has 0 radical (unpaired) electrons. The molecular formula is C42H63N5O10. The molecule has 5 rings (SSSR count). The first-order chi connectivity index (χ1) is 27.0. The van der Waals surface area contributed by atoms with Crippen LogP contribution in [0.3, 0.4) is 0 Å². The summed E-state index contributed by atoms with van der Waals surface area (Å²) in [6.45, 7) is 14.9. The van der Waals surface area contributed by atoms with Crippen LogP contribution < -0.4 is 5.32 Å². The van der Waals surface area contributed by atoms with E-state index in [1.807, 2.05) is 36.7 Å². The number of amides is 1. The number of carbonyl (C=O) groups excluding carboxylic acids is 4. The monoisotopic (exact) mass is 797 g/mol. The SMILES string of the molecule is CC[C@H]1OC(=O)[C@H](C)C(=O)[C@H](C)[C@@H](O[C@@H]2O[C@H](C)C[C@H](NC)[C@H]2O)[C@](C)(OC)C[C@@H](C)C(=O)[C@H](C)C2N(CCCCn3cnc(-c4cccnc4)c3)C(=O)O[C@@]21C. The zero-order chi connectivity index (χ0) is 41.8. The van der Waals surface area contributed by atoms with Crippen molar-refractivity contribution in [2.45, 2.75) is 148 Å². The number of unbranched alkanes of at least 4 members (excludes halogenated alkanes) is 1. The molecule has 0 aliphatic carbocycles. The van der Waals surface area contributed by atoms with Crippen molar-refractivity contribution in [2.24, 2.45) is 23.7 Å². The fourth-order valence-electron chi connectivity index (χ4n) is 9.23. The molecule has 5 heterocycles. The Morgan fingerprint density at radius 1 is 1.04 bits per heavy atom. The number of nitrogens with zero attached hydrogens (tertiary/aromatic N) is 4. The maximum atomic E-state index is 14.7. The number of hydrogen-bond donors (Lipinski definition) is 2. The van der Waals surface area contributed by atoms with Crippen LogP contribution in [0.5, 0.6) is 0 Å². The number of imidazole rings is 1. The van der Waals surface area contributed by atoms with Crippen LogP contribution in [0.2, 0.25) is 0 Å². The number of rotatable bonds is 11. The predicted octanol–water partition coefficient (Wildman–Crippen LogP) is 4.59. The van der Waals surface area contributed by atoms with Crippen molar-refractivity contribution in [1.82, 2.24) is 24.8 Å². The molecule has 2 aromatic rings. The molecular weight excluding hydrogens is 734 g/mol. The van der Waals surface area contributed by atoms with Gasteiger partial charge in [0.1, 0.15) is 23.9 Å². The van der Waals surface area contributed by atoms with Gasteiger partial charge in [-0.2, -0.15) is 0 Å². The number of ether oxygens (including phenoxy) is 5. The molecule has 1 amide bonds. The normalized spacial score (nSPS) is 37.0. The van der Waals surface area contributed by atoms with Crippen molar-refractivity contribution < 1.29 is 48.0 Å². The third-order valence-electron chi connectivity index (χ3n) is 12.6. The molecule has 3 aliphatic rings.